The van der Waals surface area contributed by atoms with E-state index in [9.17, 15) is 9.36 Å². The molecule has 0 bridgehead atoms. The molecule has 5 rings (SSSR count). The lowest BCUT2D eigenvalue weighted by Crippen LogP contribution is -2.35. The van der Waals surface area contributed by atoms with E-state index in [2.05, 4.69) is 15.9 Å². The van der Waals surface area contributed by atoms with Gasteiger partial charge in [-0.2, -0.15) is 0 Å². The zero-order valence-corrected chi connectivity index (χ0v) is 22.7. The van der Waals surface area contributed by atoms with E-state index in [-0.39, 0.29) is 25.5 Å². The van der Waals surface area contributed by atoms with Crippen LogP contribution in [0.3, 0.4) is 0 Å². The van der Waals surface area contributed by atoms with Gasteiger partial charge in [0.2, 0.25) is 6.79 Å². The first-order valence-corrected chi connectivity index (χ1v) is 14.4. The molecule has 0 atom stereocenters. The fourth-order valence-electron chi connectivity index (χ4n) is 4.28. The van der Waals surface area contributed by atoms with Crippen LogP contribution in [0.1, 0.15) is 15.9 Å². The monoisotopic (exact) mass is 577 g/mol. The van der Waals surface area contributed by atoms with Crippen molar-refractivity contribution in [3.05, 3.63) is 113 Å². The lowest BCUT2D eigenvalue weighted by Gasteiger charge is -2.29. The number of ether oxygens (including phenoxy) is 3. The number of benzene rings is 4. The highest BCUT2D eigenvalue weighted by molar-refractivity contribution is 9.10. The molecular formula is C29H25BrNO5P. The standard InChI is InChI=1S/C29H25BrNO5P/c1-34-22-14-12-21(13-15-22)18-31(29(32)25-16-27-28(17-26(25)30)36-20-35-27)19-37(33,23-8-4-2-5-9-23)24-10-6-3-7-11-24/h2-17H,18-20H2,1H3. The summed E-state index contributed by atoms with van der Waals surface area (Å²) in [6, 6.07) is 29.6. The van der Waals surface area contributed by atoms with Crippen LogP contribution in [-0.2, 0) is 11.1 Å². The van der Waals surface area contributed by atoms with Crippen LogP contribution in [0.25, 0.3) is 0 Å². The molecule has 37 heavy (non-hydrogen) atoms. The maximum absolute atomic E-state index is 14.9. The summed E-state index contributed by atoms with van der Waals surface area (Å²) in [6.07, 6.45) is 0.0206. The average molecular weight is 578 g/mol. The first-order valence-electron chi connectivity index (χ1n) is 11.7. The summed E-state index contributed by atoms with van der Waals surface area (Å²) < 4.78 is 31.7. The minimum absolute atomic E-state index is 0.0206. The summed E-state index contributed by atoms with van der Waals surface area (Å²) in [7, 11) is -1.62. The number of hydrogen-bond donors (Lipinski definition) is 0. The van der Waals surface area contributed by atoms with Gasteiger partial charge in [-0.3, -0.25) is 4.79 Å². The number of amides is 1. The smallest absolute Gasteiger partial charge is 0.255 e. The van der Waals surface area contributed by atoms with E-state index in [4.69, 9.17) is 14.2 Å². The number of hydrogen-bond acceptors (Lipinski definition) is 5. The zero-order valence-electron chi connectivity index (χ0n) is 20.2. The van der Waals surface area contributed by atoms with E-state index in [1.807, 2.05) is 84.9 Å². The number of carbonyl (C=O) groups is 1. The van der Waals surface area contributed by atoms with E-state index in [0.29, 0.717) is 32.1 Å². The summed E-state index contributed by atoms with van der Waals surface area (Å²) in [6.45, 7) is 0.361. The summed E-state index contributed by atoms with van der Waals surface area (Å²) in [5.74, 6) is 1.53. The number of rotatable bonds is 8. The molecule has 1 aliphatic heterocycles. The van der Waals surface area contributed by atoms with Crippen LogP contribution in [0.2, 0.25) is 0 Å². The van der Waals surface area contributed by atoms with Crippen LogP contribution < -0.4 is 24.8 Å². The largest absolute Gasteiger partial charge is 0.497 e. The van der Waals surface area contributed by atoms with Crippen molar-refractivity contribution in [1.82, 2.24) is 4.90 Å². The fourth-order valence-corrected chi connectivity index (χ4v) is 7.41. The highest BCUT2D eigenvalue weighted by Crippen LogP contribution is 2.45. The Morgan fingerprint density at radius 2 is 1.46 bits per heavy atom. The van der Waals surface area contributed by atoms with Gasteiger partial charge in [-0.15, -0.1) is 0 Å². The molecule has 0 aromatic heterocycles. The molecule has 0 spiro atoms. The molecule has 4 aromatic carbocycles. The number of nitrogens with zero attached hydrogens (tertiary/aromatic N) is 1. The maximum Gasteiger partial charge on any atom is 0.255 e. The molecule has 0 radical (unpaired) electrons. The predicted octanol–water partition coefficient (Wildman–Crippen LogP) is 5.80. The molecule has 8 heteroatoms. The van der Waals surface area contributed by atoms with E-state index < -0.39 is 7.14 Å². The van der Waals surface area contributed by atoms with Gasteiger partial charge in [-0.05, 0) is 45.8 Å². The van der Waals surface area contributed by atoms with Crippen LogP contribution >= 0.6 is 23.1 Å². The Morgan fingerprint density at radius 3 is 2.03 bits per heavy atom. The second-order valence-electron chi connectivity index (χ2n) is 8.59. The highest BCUT2D eigenvalue weighted by atomic mass is 79.9. The molecule has 1 aliphatic rings. The summed E-state index contributed by atoms with van der Waals surface area (Å²) in [5, 5.41) is 1.39. The Morgan fingerprint density at radius 1 is 0.892 bits per heavy atom. The molecule has 0 aliphatic carbocycles. The third-order valence-electron chi connectivity index (χ3n) is 6.23. The SMILES string of the molecule is COc1ccc(CN(CP(=O)(c2ccccc2)c2ccccc2)C(=O)c2cc3c(cc2Br)OCO3)cc1. The van der Waals surface area contributed by atoms with Crippen LogP contribution in [0.4, 0.5) is 0 Å². The molecule has 0 saturated carbocycles. The van der Waals surface area contributed by atoms with E-state index in [1.54, 1.807) is 24.1 Å². The minimum Gasteiger partial charge on any atom is -0.497 e. The number of fused-ring (bicyclic) bond motifs is 1. The predicted molar refractivity (Wildman–Crippen MR) is 148 cm³/mol. The van der Waals surface area contributed by atoms with Crippen molar-refractivity contribution in [2.75, 3.05) is 20.2 Å². The molecule has 6 nitrogen and oxygen atoms in total. The third-order valence-corrected chi connectivity index (χ3v) is 9.89. The van der Waals surface area contributed by atoms with E-state index in [1.165, 1.54) is 0 Å². The first kappa shape index (κ1) is 25.1. The molecule has 0 saturated heterocycles. The van der Waals surface area contributed by atoms with Gasteiger partial charge >= 0.3 is 0 Å². The van der Waals surface area contributed by atoms with Gasteiger partial charge in [-0.1, -0.05) is 72.8 Å². The normalized spacial score (nSPS) is 12.3. The number of methoxy groups -OCH3 is 1. The molecule has 0 fully saturated rings. The molecule has 1 heterocycles. The van der Waals surface area contributed by atoms with Gasteiger partial charge in [0.1, 0.15) is 5.75 Å². The lowest BCUT2D eigenvalue weighted by atomic mass is 10.1. The Balaban J connectivity index is 1.58. The Hall–Kier alpha value is -3.54. The van der Waals surface area contributed by atoms with Gasteiger partial charge in [0.05, 0.1) is 19.0 Å². The average Bonchev–Trinajstić information content (AvgIpc) is 3.40. The van der Waals surface area contributed by atoms with Gasteiger partial charge in [-0.25, -0.2) is 0 Å². The summed E-state index contributed by atoms with van der Waals surface area (Å²) in [5.41, 5.74) is 1.30. The van der Waals surface area contributed by atoms with Crippen LogP contribution in [0.5, 0.6) is 17.2 Å². The van der Waals surface area contributed by atoms with Crippen LogP contribution in [0, 0.1) is 0 Å². The van der Waals surface area contributed by atoms with Crippen molar-refractivity contribution in [3.8, 4) is 17.2 Å². The van der Waals surface area contributed by atoms with Crippen molar-refractivity contribution in [2.45, 2.75) is 6.54 Å². The van der Waals surface area contributed by atoms with Crippen LogP contribution in [-0.4, -0.2) is 31.0 Å². The van der Waals surface area contributed by atoms with Crippen molar-refractivity contribution in [1.29, 1.82) is 0 Å². The quantitative estimate of drug-likeness (QED) is 0.248. The van der Waals surface area contributed by atoms with Gasteiger partial charge < -0.3 is 23.7 Å². The lowest BCUT2D eigenvalue weighted by molar-refractivity contribution is 0.0771. The maximum atomic E-state index is 14.9. The second-order valence-corrected chi connectivity index (χ2v) is 12.2. The number of halogens is 1. The van der Waals surface area contributed by atoms with Gasteiger partial charge in [0.15, 0.2) is 18.6 Å². The third kappa shape index (κ3) is 5.29. The number of carbonyl (C=O) groups excluding carboxylic acids is 1. The fraction of sp³-hybridized carbons (Fsp3) is 0.138. The van der Waals surface area contributed by atoms with Gasteiger partial charge in [0, 0.05) is 21.6 Å². The molecule has 4 aromatic rings. The first-order chi connectivity index (χ1) is 18.0. The van der Waals surface area contributed by atoms with E-state index >= 15 is 0 Å². The topological polar surface area (TPSA) is 65.1 Å². The van der Waals surface area contributed by atoms with Crippen molar-refractivity contribution in [2.24, 2.45) is 0 Å². The minimum atomic E-state index is -3.23. The zero-order chi connectivity index (χ0) is 25.8. The molecule has 0 N–H and O–H groups in total. The molecule has 188 valence electrons. The Bertz CT molecular complexity index is 1400. The van der Waals surface area contributed by atoms with Gasteiger partial charge in [0.25, 0.3) is 5.91 Å². The summed E-state index contributed by atoms with van der Waals surface area (Å²) >= 11 is 3.52. The van der Waals surface area contributed by atoms with E-state index in [0.717, 1.165) is 11.3 Å². The second kappa shape index (κ2) is 10.8. The molecular weight excluding hydrogens is 553 g/mol. The molecule has 0 unspecified atom stereocenters. The van der Waals surface area contributed by atoms with Crippen molar-refractivity contribution >= 4 is 39.6 Å². The van der Waals surface area contributed by atoms with Crippen LogP contribution in [0.15, 0.2) is 102 Å². The van der Waals surface area contributed by atoms with Crippen molar-refractivity contribution < 1.29 is 23.6 Å². The summed E-state index contributed by atoms with van der Waals surface area (Å²) in [4.78, 5) is 15.7. The highest BCUT2D eigenvalue weighted by Gasteiger charge is 2.33. The Kier molecular flexibility index (Phi) is 7.36. The molecule has 1 amide bonds. The van der Waals surface area contributed by atoms with Crippen molar-refractivity contribution in [3.63, 3.8) is 0 Å². The Labute approximate surface area is 224 Å².